The number of ether oxygens (including phenoxy) is 1. The SMILES string of the molecule is Cc1ccc(CN2CC(C)Oc3cc(CN)ccc32)cc1. The van der Waals surface area contributed by atoms with Crippen LogP contribution in [0.15, 0.2) is 42.5 Å². The molecule has 0 saturated heterocycles. The van der Waals surface area contributed by atoms with Crippen LogP contribution in [0.4, 0.5) is 5.69 Å². The van der Waals surface area contributed by atoms with Gasteiger partial charge in [-0.1, -0.05) is 35.9 Å². The van der Waals surface area contributed by atoms with E-state index in [-0.39, 0.29) is 6.10 Å². The fourth-order valence-corrected chi connectivity index (χ4v) is 2.77. The van der Waals surface area contributed by atoms with Crippen LogP contribution in [0.25, 0.3) is 0 Å². The van der Waals surface area contributed by atoms with Crippen LogP contribution in [0.1, 0.15) is 23.6 Å². The fourth-order valence-electron chi connectivity index (χ4n) is 2.77. The molecule has 1 unspecified atom stereocenters. The molecule has 0 bridgehead atoms. The molecule has 110 valence electrons. The first kappa shape index (κ1) is 14.0. The highest BCUT2D eigenvalue weighted by atomic mass is 16.5. The fraction of sp³-hybridized carbons (Fsp3) is 0.333. The quantitative estimate of drug-likeness (QED) is 0.939. The van der Waals surface area contributed by atoms with E-state index in [0.717, 1.165) is 30.1 Å². The predicted octanol–water partition coefficient (Wildman–Crippen LogP) is 3.24. The van der Waals surface area contributed by atoms with Gasteiger partial charge in [0.1, 0.15) is 11.9 Å². The maximum atomic E-state index is 5.96. The van der Waals surface area contributed by atoms with Gasteiger partial charge in [0.05, 0.1) is 12.2 Å². The molecular formula is C18H22N2O. The monoisotopic (exact) mass is 282 g/mol. The average Bonchev–Trinajstić information content (AvgIpc) is 2.48. The third kappa shape index (κ3) is 3.03. The maximum absolute atomic E-state index is 5.96. The molecule has 1 aliphatic rings. The average molecular weight is 282 g/mol. The highest BCUT2D eigenvalue weighted by Gasteiger charge is 2.23. The Balaban J connectivity index is 1.88. The molecule has 2 aromatic carbocycles. The first-order valence-electron chi connectivity index (χ1n) is 7.46. The highest BCUT2D eigenvalue weighted by Crippen LogP contribution is 2.35. The first-order chi connectivity index (χ1) is 10.2. The van der Waals surface area contributed by atoms with Crippen LogP contribution in [0.5, 0.6) is 5.75 Å². The topological polar surface area (TPSA) is 38.5 Å². The van der Waals surface area contributed by atoms with Crippen molar-refractivity contribution in [1.29, 1.82) is 0 Å². The van der Waals surface area contributed by atoms with Gasteiger partial charge in [-0.25, -0.2) is 0 Å². The summed E-state index contributed by atoms with van der Waals surface area (Å²) in [5.41, 5.74) is 10.6. The van der Waals surface area contributed by atoms with Crippen LogP contribution in [0.3, 0.4) is 0 Å². The molecule has 3 nitrogen and oxygen atoms in total. The van der Waals surface area contributed by atoms with Crippen molar-refractivity contribution < 1.29 is 4.74 Å². The van der Waals surface area contributed by atoms with Crippen LogP contribution < -0.4 is 15.4 Å². The van der Waals surface area contributed by atoms with Crippen molar-refractivity contribution in [3.05, 3.63) is 59.2 Å². The van der Waals surface area contributed by atoms with Gasteiger partial charge in [-0.3, -0.25) is 0 Å². The molecular weight excluding hydrogens is 260 g/mol. The first-order valence-corrected chi connectivity index (χ1v) is 7.46. The smallest absolute Gasteiger partial charge is 0.143 e. The molecule has 1 aliphatic heterocycles. The van der Waals surface area contributed by atoms with Gasteiger partial charge in [-0.05, 0) is 37.1 Å². The number of hydrogen-bond acceptors (Lipinski definition) is 3. The molecule has 0 spiro atoms. The lowest BCUT2D eigenvalue weighted by Crippen LogP contribution is -2.38. The summed E-state index contributed by atoms with van der Waals surface area (Å²) in [7, 11) is 0. The van der Waals surface area contributed by atoms with Gasteiger partial charge >= 0.3 is 0 Å². The zero-order chi connectivity index (χ0) is 14.8. The number of benzene rings is 2. The van der Waals surface area contributed by atoms with E-state index in [0.29, 0.717) is 6.54 Å². The van der Waals surface area contributed by atoms with Crippen molar-refractivity contribution in [1.82, 2.24) is 0 Å². The van der Waals surface area contributed by atoms with Crippen molar-refractivity contribution in [2.45, 2.75) is 33.0 Å². The summed E-state index contributed by atoms with van der Waals surface area (Å²) >= 11 is 0. The van der Waals surface area contributed by atoms with E-state index in [1.54, 1.807) is 0 Å². The molecule has 2 N–H and O–H groups in total. The van der Waals surface area contributed by atoms with Crippen molar-refractivity contribution in [3.8, 4) is 5.75 Å². The number of nitrogens with two attached hydrogens (primary N) is 1. The summed E-state index contributed by atoms with van der Waals surface area (Å²) < 4.78 is 5.96. The minimum atomic E-state index is 0.191. The number of anilines is 1. The van der Waals surface area contributed by atoms with Gasteiger partial charge in [-0.2, -0.15) is 0 Å². The normalized spacial score (nSPS) is 17.3. The van der Waals surface area contributed by atoms with Gasteiger partial charge < -0.3 is 15.4 Å². The van der Waals surface area contributed by atoms with Crippen molar-refractivity contribution in [3.63, 3.8) is 0 Å². The molecule has 0 amide bonds. The molecule has 0 radical (unpaired) electrons. The van der Waals surface area contributed by atoms with E-state index in [9.17, 15) is 0 Å². The summed E-state index contributed by atoms with van der Waals surface area (Å²) in [4.78, 5) is 2.38. The summed E-state index contributed by atoms with van der Waals surface area (Å²) in [6.07, 6.45) is 0.191. The lowest BCUT2D eigenvalue weighted by molar-refractivity contribution is 0.212. The number of aryl methyl sites for hydroxylation is 1. The van der Waals surface area contributed by atoms with Gasteiger partial charge in [-0.15, -0.1) is 0 Å². The Bertz CT molecular complexity index is 622. The third-order valence-corrected chi connectivity index (χ3v) is 3.90. The van der Waals surface area contributed by atoms with Crippen LogP contribution in [-0.4, -0.2) is 12.6 Å². The number of hydrogen-bond donors (Lipinski definition) is 1. The van der Waals surface area contributed by atoms with E-state index >= 15 is 0 Å². The second-order valence-electron chi connectivity index (χ2n) is 5.80. The predicted molar refractivity (Wildman–Crippen MR) is 86.7 cm³/mol. The molecule has 21 heavy (non-hydrogen) atoms. The maximum Gasteiger partial charge on any atom is 0.143 e. The molecule has 0 aliphatic carbocycles. The van der Waals surface area contributed by atoms with E-state index in [1.165, 1.54) is 11.1 Å². The lowest BCUT2D eigenvalue weighted by atomic mass is 10.1. The Morgan fingerprint density at radius 2 is 1.86 bits per heavy atom. The highest BCUT2D eigenvalue weighted by molar-refractivity contribution is 5.61. The molecule has 0 fully saturated rings. The number of rotatable bonds is 3. The van der Waals surface area contributed by atoms with Crippen LogP contribution in [0.2, 0.25) is 0 Å². The Morgan fingerprint density at radius 1 is 1.14 bits per heavy atom. The summed E-state index contributed by atoms with van der Waals surface area (Å²) in [5.74, 6) is 0.948. The van der Waals surface area contributed by atoms with E-state index in [2.05, 4.69) is 61.2 Å². The Hall–Kier alpha value is -2.00. The van der Waals surface area contributed by atoms with Crippen LogP contribution >= 0.6 is 0 Å². The molecule has 1 atom stereocenters. The minimum Gasteiger partial charge on any atom is -0.487 e. The zero-order valence-electron chi connectivity index (χ0n) is 12.7. The minimum absolute atomic E-state index is 0.191. The largest absolute Gasteiger partial charge is 0.487 e. The van der Waals surface area contributed by atoms with Crippen LogP contribution in [0, 0.1) is 6.92 Å². The van der Waals surface area contributed by atoms with Crippen molar-refractivity contribution >= 4 is 5.69 Å². The van der Waals surface area contributed by atoms with Crippen molar-refractivity contribution in [2.24, 2.45) is 5.73 Å². The van der Waals surface area contributed by atoms with E-state index in [4.69, 9.17) is 10.5 Å². The van der Waals surface area contributed by atoms with Gasteiger partial charge in [0.15, 0.2) is 0 Å². The van der Waals surface area contributed by atoms with Crippen LogP contribution in [-0.2, 0) is 13.1 Å². The molecule has 0 saturated carbocycles. The van der Waals surface area contributed by atoms with E-state index in [1.807, 2.05) is 0 Å². The summed E-state index contributed by atoms with van der Waals surface area (Å²) in [6, 6.07) is 15.0. The molecule has 1 heterocycles. The van der Waals surface area contributed by atoms with Gasteiger partial charge in [0.25, 0.3) is 0 Å². The summed E-state index contributed by atoms with van der Waals surface area (Å²) in [6.45, 7) is 6.58. The third-order valence-electron chi connectivity index (χ3n) is 3.90. The molecule has 3 rings (SSSR count). The Morgan fingerprint density at radius 3 is 2.57 bits per heavy atom. The standard InChI is InChI=1S/C18H22N2O/c1-13-3-5-15(6-4-13)12-20-11-14(2)21-18-9-16(10-19)7-8-17(18)20/h3-9,14H,10-12,19H2,1-2H3. The second kappa shape index (κ2) is 5.78. The Labute approximate surface area is 126 Å². The van der Waals surface area contributed by atoms with Gasteiger partial charge in [0.2, 0.25) is 0 Å². The second-order valence-corrected chi connectivity index (χ2v) is 5.80. The summed E-state index contributed by atoms with van der Waals surface area (Å²) in [5, 5.41) is 0. The van der Waals surface area contributed by atoms with E-state index < -0.39 is 0 Å². The molecule has 0 aromatic heterocycles. The lowest BCUT2D eigenvalue weighted by Gasteiger charge is -2.35. The van der Waals surface area contributed by atoms with Crippen molar-refractivity contribution in [2.75, 3.05) is 11.4 Å². The molecule has 2 aromatic rings. The molecule has 3 heteroatoms. The zero-order valence-corrected chi connectivity index (χ0v) is 12.7. The van der Waals surface area contributed by atoms with Gasteiger partial charge in [0, 0.05) is 13.1 Å². The Kier molecular flexibility index (Phi) is 3.84. The number of nitrogens with zero attached hydrogens (tertiary/aromatic N) is 1. The number of fused-ring (bicyclic) bond motifs is 1.